The van der Waals surface area contributed by atoms with Gasteiger partial charge in [0.15, 0.2) is 0 Å². The molecule has 230 valence electrons. The number of methoxy groups -OCH3 is 2. The van der Waals surface area contributed by atoms with Gasteiger partial charge in [-0.2, -0.15) is 0 Å². The molecule has 0 saturated heterocycles. The van der Waals surface area contributed by atoms with Crippen LogP contribution in [0.1, 0.15) is 37.7 Å². The number of nitrogens with zero attached hydrogens (tertiary/aromatic N) is 1. The normalized spacial score (nSPS) is 10.4. The quantitative estimate of drug-likeness (QED) is 0.0751. The second-order valence-corrected chi connectivity index (χ2v) is 10.4. The van der Waals surface area contributed by atoms with Gasteiger partial charge in [-0.1, -0.05) is 6.07 Å². The third-order valence-corrected chi connectivity index (χ3v) is 7.34. The predicted octanol–water partition coefficient (Wildman–Crippen LogP) is 4.04. The Morgan fingerprint density at radius 1 is 0.932 bits per heavy atom. The van der Waals surface area contributed by atoms with Crippen molar-refractivity contribution in [1.82, 2.24) is 21.0 Å². The first kappa shape index (κ1) is 31.6. The van der Waals surface area contributed by atoms with E-state index in [9.17, 15) is 14.4 Å². The van der Waals surface area contributed by atoms with Gasteiger partial charge in [-0.3, -0.25) is 25.4 Å². The van der Waals surface area contributed by atoms with Gasteiger partial charge < -0.3 is 30.6 Å². The molecule has 0 radical (unpaired) electrons. The van der Waals surface area contributed by atoms with E-state index in [1.54, 1.807) is 53.8 Å². The third kappa shape index (κ3) is 8.61. The number of aromatic nitrogens is 1. The van der Waals surface area contributed by atoms with E-state index in [1.165, 1.54) is 31.4 Å². The summed E-state index contributed by atoms with van der Waals surface area (Å²) in [5.74, 6) is 0.527. The Labute approximate surface area is 258 Å². The number of benzene rings is 2. The van der Waals surface area contributed by atoms with Gasteiger partial charge in [-0.05, 0) is 66.8 Å². The van der Waals surface area contributed by atoms with E-state index in [-0.39, 0.29) is 35.4 Å². The summed E-state index contributed by atoms with van der Waals surface area (Å²) in [5, 5.41) is 7.62. The number of amides is 3. The summed E-state index contributed by atoms with van der Waals surface area (Å²) in [6.45, 7) is 1.17. The van der Waals surface area contributed by atoms with Crippen LogP contribution in [-0.2, 0) is 6.42 Å². The zero-order valence-electron chi connectivity index (χ0n) is 24.3. The molecule has 2 aromatic heterocycles. The highest BCUT2D eigenvalue weighted by Crippen LogP contribution is 2.26. The molecule has 3 amide bonds. The number of nitrogen functional groups attached to an aromatic ring is 1. The molecule has 6 N–H and O–H groups in total. The number of nitrogens with two attached hydrogens (primary N) is 1. The number of hydrazine groups is 1. The highest BCUT2D eigenvalue weighted by Gasteiger charge is 2.18. The number of hydrogen-bond acceptors (Lipinski definition) is 10. The number of rotatable bonds is 15. The maximum absolute atomic E-state index is 13.1. The van der Waals surface area contributed by atoms with Crippen LogP contribution in [-0.4, -0.2) is 56.6 Å². The van der Waals surface area contributed by atoms with Gasteiger partial charge in [0.05, 0.1) is 37.8 Å². The molecule has 0 unspecified atom stereocenters. The second-order valence-electron chi connectivity index (χ2n) is 9.33. The lowest BCUT2D eigenvalue weighted by Crippen LogP contribution is -2.37. The standard InChI is InChI=1S/C31H34N6O6S/c1-41-21-8-6-20(7-9-21)29(38)28-27(32)25(13-16-33-28)36-37-30(39)24-11-10-22(42-2)19-26(24)43-17-4-14-34-31(40)35-15-12-23-5-3-18-44-23/h3,5-11,13,16,18-19H,4,12,14-15,17,32H2,1-2H3,(H,33,36)(H,37,39)(H2,34,35,40). The van der Waals surface area contributed by atoms with Gasteiger partial charge in [0.2, 0.25) is 5.78 Å². The van der Waals surface area contributed by atoms with E-state index in [0.29, 0.717) is 48.0 Å². The SMILES string of the molecule is COc1ccc(C(=O)c2nccc(NNC(=O)c3ccc(OC)cc3OCCCNC(=O)NCCc3cccs3)c2N)cc1. The average molecular weight is 619 g/mol. The van der Waals surface area contributed by atoms with Gasteiger partial charge in [0.1, 0.15) is 22.9 Å². The van der Waals surface area contributed by atoms with Crippen molar-refractivity contribution in [2.24, 2.45) is 0 Å². The van der Waals surface area contributed by atoms with Crippen molar-refractivity contribution in [2.75, 3.05) is 45.1 Å². The lowest BCUT2D eigenvalue weighted by atomic mass is 10.1. The zero-order chi connectivity index (χ0) is 31.3. The highest BCUT2D eigenvalue weighted by molar-refractivity contribution is 7.09. The second kappa shape index (κ2) is 15.8. The Morgan fingerprint density at radius 3 is 2.41 bits per heavy atom. The Kier molecular flexibility index (Phi) is 11.4. The fraction of sp³-hybridized carbons (Fsp3) is 0.226. The molecule has 0 saturated carbocycles. The van der Waals surface area contributed by atoms with E-state index >= 15 is 0 Å². The molecule has 4 rings (SSSR count). The van der Waals surface area contributed by atoms with Crippen LogP contribution in [0, 0.1) is 0 Å². The van der Waals surface area contributed by atoms with Crippen molar-refractivity contribution in [2.45, 2.75) is 12.8 Å². The number of pyridine rings is 1. The van der Waals surface area contributed by atoms with Crippen LogP contribution in [0.2, 0.25) is 0 Å². The van der Waals surface area contributed by atoms with Crippen LogP contribution >= 0.6 is 11.3 Å². The summed E-state index contributed by atoms with van der Waals surface area (Å²) in [7, 11) is 3.05. The van der Waals surface area contributed by atoms with Crippen LogP contribution in [0.15, 0.2) is 72.2 Å². The highest BCUT2D eigenvalue weighted by atomic mass is 32.1. The van der Waals surface area contributed by atoms with Gasteiger partial charge in [0, 0.05) is 35.8 Å². The number of nitrogens with one attached hydrogen (secondary N) is 4. The van der Waals surface area contributed by atoms with Crippen molar-refractivity contribution in [3.05, 3.63) is 93.9 Å². The minimum absolute atomic E-state index is 0.0349. The minimum atomic E-state index is -0.509. The van der Waals surface area contributed by atoms with Crippen LogP contribution in [0.4, 0.5) is 16.2 Å². The smallest absolute Gasteiger partial charge is 0.314 e. The molecule has 44 heavy (non-hydrogen) atoms. The van der Waals surface area contributed by atoms with Crippen molar-refractivity contribution in [3.63, 3.8) is 0 Å². The van der Waals surface area contributed by atoms with Crippen LogP contribution in [0.5, 0.6) is 17.2 Å². The fourth-order valence-corrected chi connectivity index (χ4v) is 4.75. The average Bonchev–Trinajstić information content (AvgIpc) is 3.57. The van der Waals surface area contributed by atoms with E-state index in [2.05, 4.69) is 26.5 Å². The molecule has 0 atom stereocenters. The maximum Gasteiger partial charge on any atom is 0.314 e. The van der Waals surface area contributed by atoms with Gasteiger partial charge >= 0.3 is 6.03 Å². The predicted molar refractivity (Wildman–Crippen MR) is 169 cm³/mol. The molecule has 13 heteroatoms. The Morgan fingerprint density at radius 2 is 1.68 bits per heavy atom. The van der Waals surface area contributed by atoms with Crippen LogP contribution in [0.25, 0.3) is 0 Å². The zero-order valence-corrected chi connectivity index (χ0v) is 25.2. The summed E-state index contributed by atoms with van der Waals surface area (Å²) in [6.07, 6.45) is 2.70. The monoisotopic (exact) mass is 618 g/mol. The minimum Gasteiger partial charge on any atom is -0.497 e. The molecule has 0 aliphatic carbocycles. The molecule has 4 aromatic rings. The molecular formula is C31H34N6O6S. The lowest BCUT2D eigenvalue weighted by Gasteiger charge is -2.15. The summed E-state index contributed by atoms with van der Waals surface area (Å²) in [5.41, 5.74) is 12.6. The van der Waals surface area contributed by atoms with Gasteiger partial charge in [0.25, 0.3) is 5.91 Å². The number of carbonyl (C=O) groups excluding carboxylic acids is 3. The number of hydrogen-bond donors (Lipinski definition) is 5. The molecule has 2 heterocycles. The summed E-state index contributed by atoms with van der Waals surface area (Å²) < 4.78 is 16.3. The van der Waals surface area contributed by atoms with Crippen LogP contribution in [0.3, 0.4) is 0 Å². The Balaban J connectivity index is 1.30. The number of anilines is 2. The molecule has 2 aromatic carbocycles. The van der Waals surface area contributed by atoms with Gasteiger partial charge in [-0.15, -0.1) is 11.3 Å². The molecule has 0 aliphatic heterocycles. The van der Waals surface area contributed by atoms with Crippen molar-refractivity contribution in [1.29, 1.82) is 0 Å². The van der Waals surface area contributed by atoms with E-state index in [1.807, 2.05) is 17.5 Å². The summed E-state index contributed by atoms with van der Waals surface area (Å²) in [6, 6.07) is 16.7. The first-order valence-corrected chi connectivity index (χ1v) is 14.6. The number of ether oxygens (including phenoxy) is 3. The number of ketones is 1. The first-order valence-electron chi connectivity index (χ1n) is 13.7. The first-order chi connectivity index (χ1) is 21.4. The summed E-state index contributed by atoms with van der Waals surface area (Å²) >= 11 is 1.65. The van der Waals surface area contributed by atoms with Crippen LogP contribution < -0.4 is 41.4 Å². The Bertz CT molecular complexity index is 1560. The molecule has 0 fully saturated rings. The molecule has 0 spiro atoms. The molecule has 12 nitrogen and oxygen atoms in total. The van der Waals surface area contributed by atoms with Crippen molar-refractivity contribution >= 4 is 40.4 Å². The van der Waals surface area contributed by atoms with Crippen molar-refractivity contribution in [3.8, 4) is 17.2 Å². The van der Waals surface area contributed by atoms with E-state index in [4.69, 9.17) is 19.9 Å². The third-order valence-electron chi connectivity index (χ3n) is 6.40. The Hall–Kier alpha value is -5.30. The maximum atomic E-state index is 13.1. The van der Waals surface area contributed by atoms with E-state index < -0.39 is 5.91 Å². The van der Waals surface area contributed by atoms with E-state index in [0.717, 1.165) is 6.42 Å². The number of carbonyl (C=O) groups is 3. The molecule has 0 bridgehead atoms. The fourth-order valence-electron chi connectivity index (χ4n) is 4.04. The largest absolute Gasteiger partial charge is 0.497 e. The number of urea groups is 1. The van der Waals surface area contributed by atoms with Gasteiger partial charge in [-0.25, -0.2) is 4.79 Å². The lowest BCUT2D eigenvalue weighted by molar-refractivity contribution is 0.0958. The molecular weight excluding hydrogens is 584 g/mol. The molecule has 0 aliphatic rings. The topological polar surface area (TPSA) is 166 Å². The number of thiophene rings is 1. The summed E-state index contributed by atoms with van der Waals surface area (Å²) in [4.78, 5) is 43.5. The van der Waals surface area contributed by atoms with Crippen molar-refractivity contribution < 1.29 is 28.6 Å².